The van der Waals surface area contributed by atoms with E-state index >= 15 is 0 Å². The minimum atomic E-state index is -0.391. The molecule has 2 N–H and O–H groups in total. The van der Waals surface area contributed by atoms with Crippen molar-refractivity contribution < 1.29 is 14.6 Å². The summed E-state index contributed by atoms with van der Waals surface area (Å²) in [5.41, 5.74) is 3.18. The smallest absolute Gasteiger partial charge is 0.262 e. The fraction of sp³-hybridized carbons (Fsp3) is 0.480. The number of nitrogens with one attached hydrogen (secondary N) is 1. The monoisotopic (exact) mass is 465 g/mol. The summed E-state index contributed by atoms with van der Waals surface area (Å²) in [6, 6.07) is 7.74. The van der Waals surface area contributed by atoms with E-state index in [-0.39, 0.29) is 23.1 Å². The van der Waals surface area contributed by atoms with Crippen LogP contribution in [0.3, 0.4) is 0 Å². The number of hydrogen-bond donors (Lipinski definition) is 2. The largest absolute Gasteiger partial charge is 0.504 e. The summed E-state index contributed by atoms with van der Waals surface area (Å²) < 4.78 is 5.85. The van der Waals surface area contributed by atoms with Crippen molar-refractivity contribution in [2.75, 3.05) is 11.9 Å². The Morgan fingerprint density at radius 3 is 2.39 bits per heavy atom. The van der Waals surface area contributed by atoms with E-state index in [4.69, 9.17) is 27.9 Å². The van der Waals surface area contributed by atoms with Crippen LogP contribution in [0.4, 0.5) is 5.69 Å². The number of rotatable bonds is 12. The number of unbranched alkanes of at least 4 members (excludes halogenated alkanes) is 4. The molecule has 0 aliphatic heterocycles. The lowest BCUT2D eigenvalue weighted by atomic mass is 10.0. The third-order valence-corrected chi connectivity index (χ3v) is 6.15. The van der Waals surface area contributed by atoms with Gasteiger partial charge in [0.05, 0.1) is 10.7 Å². The summed E-state index contributed by atoms with van der Waals surface area (Å²) in [4.78, 5) is 12.4. The van der Waals surface area contributed by atoms with E-state index in [1.54, 1.807) is 6.92 Å². The maximum Gasteiger partial charge on any atom is 0.262 e. The van der Waals surface area contributed by atoms with Crippen LogP contribution in [0.5, 0.6) is 11.5 Å². The average Bonchev–Trinajstić information content (AvgIpc) is 2.75. The number of carbonyl (C=O) groups is 1. The summed E-state index contributed by atoms with van der Waals surface area (Å²) in [6.07, 6.45) is 8.99. The highest BCUT2D eigenvalue weighted by Crippen LogP contribution is 2.38. The molecular formula is C25H33Cl2NO3. The molecule has 0 saturated carbocycles. The molecule has 6 heteroatoms. The Bertz CT molecular complexity index is 884. The maximum absolute atomic E-state index is 12.4. The normalized spacial score (nSPS) is 10.9. The van der Waals surface area contributed by atoms with E-state index in [2.05, 4.69) is 31.3 Å². The van der Waals surface area contributed by atoms with Crippen molar-refractivity contribution in [1.29, 1.82) is 0 Å². The zero-order chi connectivity index (χ0) is 22.8. The van der Waals surface area contributed by atoms with E-state index < -0.39 is 5.91 Å². The quantitative estimate of drug-likeness (QED) is 0.252. The number of benzene rings is 2. The summed E-state index contributed by atoms with van der Waals surface area (Å²) in [7, 11) is 0. The highest BCUT2D eigenvalue weighted by molar-refractivity contribution is 6.37. The first kappa shape index (κ1) is 25.4. The van der Waals surface area contributed by atoms with Gasteiger partial charge in [-0.2, -0.15) is 0 Å². The van der Waals surface area contributed by atoms with Gasteiger partial charge in [0.15, 0.2) is 12.4 Å². The summed E-state index contributed by atoms with van der Waals surface area (Å²) >= 11 is 12.2. The number of phenols is 1. The minimum absolute atomic E-state index is 0.126. The van der Waals surface area contributed by atoms with Crippen molar-refractivity contribution in [2.45, 2.75) is 72.1 Å². The van der Waals surface area contributed by atoms with Gasteiger partial charge in [-0.25, -0.2) is 0 Å². The number of phenolic OH excluding ortho intramolecular Hbond substituents is 1. The van der Waals surface area contributed by atoms with Crippen molar-refractivity contribution in [1.82, 2.24) is 0 Å². The van der Waals surface area contributed by atoms with Crippen LogP contribution in [-0.2, 0) is 17.6 Å². The predicted octanol–water partition coefficient (Wildman–Crippen LogP) is 7.49. The summed E-state index contributed by atoms with van der Waals surface area (Å²) in [5.74, 6) is 0.140. The second kappa shape index (κ2) is 12.8. The zero-order valence-electron chi connectivity index (χ0n) is 18.7. The van der Waals surface area contributed by atoms with Crippen molar-refractivity contribution in [3.05, 3.63) is 51.0 Å². The lowest BCUT2D eigenvalue weighted by molar-refractivity contribution is -0.118. The van der Waals surface area contributed by atoms with Gasteiger partial charge >= 0.3 is 0 Å². The second-order valence-electron chi connectivity index (χ2n) is 7.89. The molecule has 0 spiro atoms. The lowest BCUT2D eigenvalue weighted by Crippen LogP contribution is -2.20. The molecule has 0 atom stereocenters. The highest BCUT2D eigenvalue weighted by atomic mass is 35.5. The van der Waals surface area contributed by atoms with Crippen LogP contribution in [0.2, 0.25) is 10.0 Å². The number of carbonyl (C=O) groups excluding carboxylic acids is 1. The lowest BCUT2D eigenvalue weighted by Gasteiger charge is -2.15. The Morgan fingerprint density at radius 1 is 1.03 bits per heavy atom. The molecule has 0 heterocycles. The molecule has 0 unspecified atom stereocenters. The summed E-state index contributed by atoms with van der Waals surface area (Å²) in [6.45, 7) is 5.92. The van der Waals surface area contributed by atoms with Crippen molar-refractivity contribution in [3.8, 4) is 11.5 Å². The van der Waals surface area contributed by atoms with Crippen LogP contribution in [0.25, 0.3) is 0 Å². The van der Waals surface area contributed by atoms with E-state index in [1.807, 2.05) is 6.07 Å². The third kappa shape index (κ3) is 7.62. The van der Waals surface area contributed by atoms with E-state index in [1.165, 1.54) is 30.9 Å². The zero-order valence-corrected chi connectivity index (χ0v) is 20.2. The number of halogens is 2. The molecule has 170 valence electrons. The molecule has 2 aromatic rings. The van der Waals surface area contributed by atoms with Crippen LogP contribution >= 0.6 is 23.2 Å². The number of amides is 1. The second-order valence-corrected chi connectivity index (χ2v) is 8.67. The van der Waals surface area contributed by atoms with Crippen LogP contribution < -0.4 is 10.1 Å². The molecule has 0 radical (unpaired) electrons. The van der Waals surface area contributed by atoms with E-state index in [0.717, 1.165) is 43.4 Å². The number of aromatic hydroxyl groups is 1. The maximum atomic E-state index is 12.4. The van der Waals surface area contributed by atoms with Gasteiger partial charge in [-0.3, -0.25) is 4.79 Å². The van der Waals surface area contributed by atoms with E-state index in [0.29, 0.717) is 10.6 Å². The van der Waals surface area contributed by atoms with Crippen molar-refractivity contribution >= 4 is 34.8 Å². The number of aryl methyl sites for hydroxylation is 2. The molecule has 0 aliphatic rings. The fourth-order valence-electron chi connectivity index (χ4n) is 3.40. The molecule has 2 aromatic carbocycles. The highest BCUT2D eigenvalue weighted by Gasteiger charge is 2.15. The Labute approximate surface area is 195 Å². The first-order chi connectivity index (χ1) is 14.9. The van der Waals surface area contributed by atoms with Gasteiger partial charge in [0.1, 0.15) is 5.75 Å². The van der Waals surface area contributed by atoms with Crippen LogP contribution in [0.15, 0.2) is 24.3 Å². The van der Waals surface area contributed by atoms with Gasteiger partial charge in [0, 0.05) is 5.02 Å². The van der Waals surface area contributed by atoms with Crippen LogP contribution in [0, 0.1) is 6.92 Å². The number of ether oxygens (including phenoxy) is 1. The topological polar surface area (TPSA) is 58.6 Å². The molecule has 4 nitrogen and oxygen atoms in total. The van der Waals surface area contributed by atoms with Crippen LogP contribution in [-0.4, -0.2) is 17.6 Å². The van der Waals surface area contributed by atoms with Gasteiger partial charge in [-0.15, -0.1) is 0 Å². The first-order valence-electron chi connectivity index (χ1n) is 11.1. The molecule has 1 amide bonds. The standard InChI is InChI=1S/C25H33Cl2NO3/c1-4-6-8-10-18-12-13-22(19(14-18)11-9-7-5-2)31-16-23(29)28-21-15-20(26)17(3)24(27)25(21)30/h12-15,30H,4-11,16H2,1-3H3,(H,28,29). The molecule has 0 aromatic heterocycles. The average molecular weight is 466 g/mol. The molecule has 2 rings (SSSR count). The molecular weight excluding hydrogens is 433 g/mol. The van der Waals surface area contributed by atoms with Gasteiger partial charge in [-0.05, 0) is 61.4 Å². The van der Waals surface area contributed by atoms with E-state index in [9.17, 15) is 9.90 Å². The fourth-order valence-corrected chi connectivity index (χ4v) is 3.85. The molecule has 0 aliphatic carbocycles. The van der Waals surface area contributed by atoms with Crippen molar-refractivity contribution in [2.24, 2.45) is 0 Å². The van der Waals surface area contributed by atoms with Crippen LogP contribution in [0.1, 0.15) is 69.1 Å². The van der Waals surface area contributed by atoms with Gasteiger partial charge in [0.25, 0.3) is 5.91 Å². The van der Waals surface area contributed by atoms with Gasteiger partial charge < -0.3 is 15.2 Å². The molecule has 0 fully saturated rings. The predicted molar refractivity (Wildman–Crippen MR) is 130 cm³/mol. The molecule has 0 bridgehead atoms. The number of hydrogen-bond acceptors (Lipinski definition) is 3. The summed E-state index contributed by atoms with van der Waals surface area (Å²) in [5, 5.41) is 13.3. The molecule has 31 heavy (non-hydrogen) atoms. The minimum Gasteiger partial charge on any atom is -0.504 e. The van der Waals surface area contributed by atoms with Gasteiger partial charge in [0.2, 0.25) is 0 Å². The molecule has 0 saturated heterocycles. The SMILES string of the molecule is CCCCCc1ccc(OCC(=O)Nc2cc(Cl)c(C)c(Cl)c2O)c(CCCCC)c1. The third-order valence-electron chi connectivity index (χ3n) is 5.30. The first-order valence-corrected chi connectivity index (χ1v) is 11.8. The Morgan fingerprint density at radius 2 is 1.71 bits per heavy atom. The van der Waals surface area contributed by atoms with Crippen molar-refractivity contribution in [3.63, 3.8) is 0 Å². The Balaban J connectivity index is 2.06. The Kier molecular flexibility index (Phi) is 10.5. The number of anilines is 1. The Hall–Kier alpha value is -1.91. The van der Waals surface area contributed by atoms with Gasteiger partial charge in [-0.1, -0.05) is 74.9 Å².